The SMILES string of the molecule is FC(F)(F)[C@@H](c1ccc2nnc(-c3ccc4ccc(Cl)cc4n3)n2c1)N1C[C@@H]2C[C@H]1CN2. The van der Waals surface area contributed by atoms with Crippen molar-refractivity contribution in [3.8, 4) is 11.5 Å². The molecule has 2 bridgehead atoms. The van der Waals surface area contributed by atoms with Gasteiger partial charge in [-0.3, -0.25) is 9.30 Å². The number of aromatic nitrogens is 4. The standard InChI is InChI=1S/C22H18ClF3N6/c23-14-4-1-12-2-5-17(28-18(12)7-14)21-30-29-19-6-3-13(10-32(19)21)20(22(24,25)26)31-11-15-8-16(31)9-27-15/h1-7,10,15-16,20,27H,8-9,11H2/t15-,16-,20+/m0/s1. The highest BCUT2D eigenvalue weighted by molar-refractivity contribution is 6.31. The quantitative estimate of drug-likeness (QED) is 0.497. The van der Waals surface area contributed by atoms with Crippen LogP contribution in [0.25, 0.3) is 28.1 Å². The molecule has 0 spiro atoms. The average Bonchev–Trinajstić information content (AvgIpc) is 3.48. The highest BCUT2D eigenvalue weighted by Crippen LogP contribution is 2.42. The second-order valence-electron chi connectivity index (χ2n) is 8.38. The number of nitrogens with zero attached hydrogens (tertiary/aromatic N) is 5. The molecule has 6 nitrogen and oxygen atoms in total. The fourth-order valence-electron chi connectivity index (χ4n) is 4.94. The van der Waals surface area contributed by atoms with E-state index >= 15 is 0 Å². The molecule has 4 aromatic rings. The van der Waals surface area contributed by atoms with Crippen molar-refractivity contribution in [2.75, 3.05) is 13.1 Å². The van der Waals surface area contributed by atoms with Crippen molar-refractivity contribution in [1.82, 2.24) is 29.8 Å². The zero-order chi connectivity index (χ0) is 22.0. The van der Waals surface area contributed by atoms with Gasteiger partial charge in [-0.05, 0) is 36.2 Å². The van der Waals surface area contributed by atoms with Gasteiger partial charge in [-0.25, -0.2) is 4.98 Å². The molecule has 3 aromatic heterocycles. The number of piperazine rings is 1. The van der Waals surface area contributed by atoms with Crippen LogP contribution in [0.5, 0.6) is 0 Å². The molecule has 2 aliphatic rings. The van der Waals surface area contributed by atoms with Gasteiger partial charge in [0.05, 0.1) is 5.52 Å². The molecule has 1 N–H and O–H groups in total. The summed E-state index contributed by atoms with van der Waals surface area (Å²) in [6, 6.07) is 10.4. The zero-order valence-electron chi connectivity index (χ0n) is 16.7. The number of hydrogen-bond donors (Lipinski definition) is 1. The Bertz CT molecular complexity index is 1340. The Morgan fingerprint density at radius 2 is 1.94 bits per heavy atom. The molecule has 10 heteroatoms. The molecule has 0 unspecified atom stereocenters. The van der Waals surface area contributed by atoms with Crippen molar-refractivity contribution in [3.05, 3.63) is 59.2 Å². The van der Waals surface area contributed by atoms with Gasteiger partial charge < -0.3 is 5.32 Å². The van der Waals surface area contributed by atoms with E-state index in [4.69, 9.17) is 11.6 Å². The summed E-state index contributed by atoms with van der Waals surface area (Å²) in [6.45, 7) is 0.968. The average molecular weight is 459 g/mol. The Balaban J connectivity index is 1.45. The van der Waals surface area contributed by atoms with Gasteiger partial charge in [0.25, 0.3) is 0 Å². The van der Waals surface area contributed by atoms with Crippen molar-refractivity contribution in [2.45, 2.75) is 30.7 Å². The third-order valence-electron chi connectivity index (χ3n) is 6.36. The number of pyridine rings is 2. The minimum absolute atomic E-state index is 0.116. The smallest absolute Gasteiger partial charge is 0.311 e. The third kappa shape index (κ3) is 3.23. The molecule has 0 radical (unpaired) electrons. The van der Waals surface area contributed by atoms with E-state index in [1.165, 1.54) is 12.3 Å². The molecule has 0 amide bonds. The minimum atomic E-state index is -4.40. The van der Waals surface area contributed by atoms with Gasteiger partial charge in [-0.1, -0.05) is 29.8 Å². The first-order valence-corrected chi connectivity index (χ1v) is 10.7. The summed E-state index contributed by atoms with van der Waals surface area (Å²) in [4.78, 5) is 6.18. The number of nitrogens with one attached hydrogen (secondary N) is 1. The molecule has 3 atom stereocenters. The lowest BCUT2D eigenvalue weighted by Crippen LogP contribution is -2.49. The van der Waals surface area contributed by atoms with Crippen LogP contribution < -0.4 is 5.32 Å². The summed E-state index contributed by atoms with van der Waals surface area (Å²) in [5, 5.41) is 13.1. The first-order valence-electron chi connectivity index (χ1n) is 10.3. The fourth-order valence-corrected chi connectivity index (χ4v) is 5.10. The molecule has 2 saturated heterocycles. The number of benzene rings is 1. The summed E-state index contributed by atoms with van der Waals surface area (Å²) in [5.74, 6) is 0.384. The van der Waals surface area contributed by atoms with Crippen LogP contribution in [0.1, 0.15) is 18.0 Å². The maximum absolute atomic E-state index is 14.2. The van der Waals surface area contributed by atoms with E-state index in [0.717, 1.165) is 11.8 Å². The lowest BCUT2D eigenvalue weighted by Gasteiger charge is -2.36. The summed E-state index contributed by atoms with van der Waals surface area (Å²) >= 11 is 6.09. The van der Waals surface area contributed by atoms with Crippen LogP contribution in [-0.2, 0) is 0 Å². The highest BCUT2D eigenvalue weighted by atomic mass is 35.5. The second kappa shape index (κ2) is 7.13. The van der Waals surface area contributed by atoms with Gasteiger partial charge in [0.1, 0.15) is 11.7 Å². The zero-order valence-corrected chi connectivity index (χ0v) is 17.5. The molecule has 5 heterocycles. The van der Waals surface area contributed by atoms with E-state index < -0.39 is 12.2 Å². The number of halogens is 4. The van der Waals surface area contributed by atoms with Crippen LogP contribution >= 0.6 is 11.6 Å². The molecule has 2 aliphatic heterocycles. The maximum atomic E-state index is 14.2. The summed E-state index contributed by atoms with van der Waals surface area (Å²) < 4.78 is 44.2. The number of fused-ring (bicyclic) bond motifs is 4. The van der Waals surface area contributed by atoms with Crippen LogP contribution in [0, 0.1) is 0 Å². The molecular formula is C22H18ClF3N6. The molecule has 32 heavy (non-hydrogen) atoms. The van der Waals surface area contributed by atoms with E-state index in [0.29, 0.717) is 40.8 Å². The number of hydrogen-bond acceptors (Lipinski definition) is 5. The predicted octanol–water partition coefficient (Wildman–Crippen LogP) is 4.25. The van der Waals surface area contributed by atoms with Crippen molar-refractivity contribution < 1.29 is 13.2 Å². The van der Waals surface area contributed by atoms with Crippen LogP contribution in [0.3, 0.4) is 0 Å². The van der Waals surface area contributed by atoms with Crippen LogP contribution in [-0.4, -0.2) is 55.8 Å². The Hall–Kier alpha value is -2.75. The van der Waals surface area contributed by atoms with E-state index in [9.17, 15) is 13.2 Å². The fraction of sp³-hybridized carbons (Fsp3) is 0.318. The normalized spacial score (nSPS) is 22.2. The van der Waals surface area contributed by atoms with Crippen molar-refractivity contribution in [3.63, 3.8) is 0 Å². The van der Waals surface area contributed by atoms with Gasteiger partial charge in [0.2, 0.25) is 0 Å². The second-order valence-corrected chi connectivity index (χ2v) is 8.82. The monoisotopic (exact) mass is 458 g/mol. The Kier molecular flexibility index (Phi) is 4.43. The van der Waals surface area contributed by atoms with Crippen LogP contribution in [0.15, 0.2) is 48.7 Å². The van der Waals surface area contributed by atoms with E-state index in [1.807, 2.05) is 12.1 Å². The van der Waals surface area contributed by atoms with Gasteiger partial charge in [-0.15, -0.1) is 10.2 Å². The van der Waals surface area contributed by atoms with E-state index in [1.54, 1.807) is 33.6 Å². The van der Waals surface area contributed by atoms with Gasteiger partial charge >= 0.3 is 6.18 Å². The molecular weight excluding hydrogens is 441 g/mol. The van der Waals surface area contributed by atoms with E-state index in [2.05, 4.69) is 20.5 Å². The Morgan fingerprint density at radius 3 is 2.69 bits per heavy atom. The Labute approximate surface area is 186 Å². The lowest BCUT2D eigenvalue weighted by atomic mass is 10.1. The number of rotatable bonds is 3. The minimum Gasteiger partial charge on any atom is -0.311 e. The van der Waals surface area contributed by atoms with Crippen molar-refractivity contribution in [2.24, 2.45) is 0 Å². The molecule has 0 saturated carbocycles. The predicted molar refractivity (Wildman–Crippen MR) is 114 cm³/mol. The van der Waals surface area contributed by atoms with Crippen molar-refractivity contribution >= 4 is 28.2 Å². The summed E-state index contributed by atoms with van der Waals surface area (Å²) in [7, 11) is 0. The van der Waals surface area contributed by atoms with E-state index in [-0.39, 0.29) is 17.6 Å². The number of likely N-dealkylation sites (tertiary alicyclic amines) is 1. The lowest BCUT2D eigenvalue weighted by molar-refractivity contribution is -0.190. The highest BCUT2D eigenvalue weighted by Gasteiger charge is 2.51. The van der Waals surface area contributed by atoms with Gasteiger partial charge in [0.15, 0.2) is 11.5 Å². The maximum Gasteiger partial charge on any atom is 0.408 e. The molecule has 6 rings (SSSR count). The van der Waals surface area contributed by atoms with Crippen LogP contribution in [0.4, 0.5) is 13.2 Å². The first-order chi connectivity index (χ1) is 15.4. The Morgan fingerprint density at radius 1 is 1.09 bits per heavy atom. The van der Waals surface area contributed by atoms with Crippen LogP contribution in [0.2, 0.25) is 5.02 Å². The summed E-state index contributed by atoms with van der Waals surface area (Å²) in [5.41, 5.74) is 1.82. The molecule has 2 fully saturated rings. The largest absolute Gasteiger partial charge is 0.408 e. The van der Waals surface area contributed by atoms with Crippen molar-refractivity contribution in [1.29, 1.82) is 0 Å². The molecule has 1 aromatic carbocycles. The molecule has 164 valence electrons. The first kappa shape index (κ1) is 19.9. The topological polar surface area (TPSA) is 58.4 Å². The number of alkyl halides is 3. The third-order valence-corrected chi connectivity index (χ3v) is 6.60. The van der Waals surface area contributed by atoms with Gasteiger partial charge in [-0.2, -0.15) is 13.2 Å². The van der Waals surface area contributed by atoms with Gasteiger partial charge in [0, 0.05) is 41.8 Å². The molecule has 0 aliphatic carbocycles. The summed E-state index contributed by atoms with van der Waals surface area (Å²) in [6.07, 6.45) is -2.16.